The van der Waals surface area contributed by atoms with Crippen molar-refractivity contribution in [2.75, 3.05) is 18.5 Å². The van der Waals surface area contributed by atoms with Gasteiger partial charge in [0.15, 0.2) is 0 Å². The molecule has 1 rings (SSSR count). The Morgan fingerprint density at radius 3 is 1.86 bits per heavy atom. The number of rotatable bonds is 11. The molecule has 2 nitrogen and oxygen atoms in total. The van der Waals surface area contributed by atoms with Crippen LogP contribution in [-0.4, -0.2) is 29.6 Å². The van der Waals surface area contributed by atoms with E-state index < -0.39 is 13.2 Å². The van der Waals surface area contributed by atoms with Gasteiger partial charge in [-0.1, -0.05) is 0 Å². The summed E-state index contributed by atoms with van der Waals surface area (Å²) in [5.41, 5.74) is 0.457. The molecule has 126 valence electrons. The summed E-state index contributed by atoms with van der Waals surface area (Å²) in [4.78, 5) is 11.3. The van der Waals surface area contributed by atoms with Gasteiger partial charge in [0, 0.05) is 0 Å². The molecule has 1 aromatic rings. The van der Waals surface area contributed by atoms with Crippen LogP contribution in [-0.2, 0) is 0 Å². The van der Waals surface area contributed by atoms with E-state index in [1.807, 2.05) is 12.1 Å². The van der Waals surface area contributed by atoms with Crippen LogP contribution in [0.25, 0.3) is 0 Å². The predicted octanol–water partition coefficient (Wildman–Crippen LogP) is 5.16. The van der Waals surface area contributed by atoms with Gasteiger partial charge in [-0.2, -0.15) is 0 Å². The molecule has 0 saturated heterocycles. The second kappa shape index (κ2) is 10.0. The topological polar surface area (TPSA) is 37.3 Å². The Hall–Kier alpha value is -0.880. The van der Waals surface area contributed by atoms with Crippen molar-refractivity contribution >= 4 is 18.5 Å². The molecule has 0 saturated carbocycles. The normalized spacial score (nSPS) is 12.3. The van der Waals surface area contributed by atoms with Gasteiger partial charge in [0.1, 0.15) is 0 Å². The number of carboxylic acids is 1. The third-order valence-corrected chi connectivity index (χ3v) is 10.2. The van der Waals surface area contributed by atoms with Gasteiger partial charge in [0.05, 0.1) is 0 Å². The first-order chi connectivity index (χ1) is 10.6. The molecule has 1 aromatic carbocycles. The van der Waals surface area contributed by atoms with Crippen molar-refractivity contribution in [1.29, 1.82) is 0 Å². The van der Waals surface area contributed by atoms with Gasteiger partial charge < -0.3 is 0 Å². The molecule has 0 radical (unpaired) electrons. The first kappa shape index (κ1) is 19.2. The quantitative estimate of drug-likeness (QED) is 0.571. The summed E-state index contributed by atoms with van der Waals surface area (Å²) in [5.74, 6) is -0.800. The first-order valence-electron chi connectivity index (χ1n) is 8.93. The number of carbonyl (C=O) groups is 1. The number of benzene rings is 1. The number of hydrogen-bond acceptors (Lipinski definition) is 1. The zero-order chi connectivity index (χ0) is 16.4. The van der Waals surface area contributed by atoms with Crippen molar-refractivity contribution in [3.05, 3.63) is 29.8 Å². The minimum atomic E-state index is -1.58. The van der Waals surface area contributed by atoms with E-state index in [1.54, 1.807) is 6.07 Å². The van der Waals surface area contributed by atoms with Crippen LogP contribution in [0.2, 0.25) is 0 Å². The van der Waals surface area contributed by atoms with E-state index in [0.29, 0.717) is 5.56 Å². The molecule has 22 heavy (non-hydrogen) atoms. The van der Waals surface area contributed by atoms with E-state index in [-0.39, 0.29) is 0 Å². The van der Waals surface area contributed by atoms with Crippen molar-refractivity contribution in [1.82, 2.24) is 0 Å². The Kier molecular flexibility index (Phi) is 8.71. The molecule has 1 N–H and O–H groups in total. The van der Waals surface area contributed by atoms with Crippen LogP contribution < -0.4 is 5.30 Å². The van der Waals surface area contributed by atoms with Crippen molar-refractivity contribution in [2.24, 2.45) is 0 Å². The zero-order valence-corrected chi connectivity index (χ0v) is 15.5. The number of aromatic carboxylic acids is 1. The Morgan fingerprint density at radius 1 is 0.955 bits per heavy atom. The standard InChI is InChI=1S/C19H33O2P/c1-4-7-13-22(14-8-5-2,15-9-6-3)18-12-10-11-17(16-18)19(20)21/h10-12,16,22H,4-9,13-15H2,1-3H3,(H,20,21). The molecule has 0 aliphatic carbocycles. The van der Waals surface area contributed by atoms with Gasteiger partial charge in [-0.3, -0.25) is 0 Å². The summed E-state index contributed by atoms with van der Waals surface area (Å²) in [6, 6.07) is 7.87. The van der Waals surface area contributed by atoms with E-state index in [9.17, 15) is 9.90 Å². The molecule has 3 heteroatoms. The van der Waals surface area contributed by atoms with E-state index in [2.05, 4.69) is 26.8 Å². The van der Waals surface area contributed by atoms with Gasteiger partial charge >= 0.3 is 136 Å². The summed E-state index contributed by atoms with van der Waals surface area (Å²) in [6.45, 7) is 6.77. The van der Waals surface area contributed by atoms with Crippen LogP contribution in [0.1, 0.15) is 69.7 Å². The van der Waals surface area contributed by atoms with Gasteiger partial charge in [-0.15, -0.1) is 0 Å². The summed E-state index contributed by atoms with van der Waals surface area (Å²) in [6.07, 6.45) is 11.4. The summed E-state index contributed by atoms with van der Waals surface area (Å²) < 4.78 is 0. The average molecular weight is 324 g/mol. The molecule has 0 bridgehead atoms. The summed E-state index contributed by atoms with van der Waals surface area (Å²) >= 11 is 0. The fraction of sp³-hybridized carbons (Fsp3) is 0.632. The molecule has 0 aliphatic heterocycles. The molecule has 0 aliphatic rings. The van der Waals surface area contributed by atoms with Gasteiger partial charge in [0.25, 0.3) is 0 Å². The van der Waals surface area contributed by atoms with E-state index in [1.165, 1.54) is 62.3 Å². The first-order valence-corrected chi connectivity index (χ1v) is 11.6. The molecular weight excluding hydrogens is 291 g/mol. The second-order valence-corrected chi connectivity index (χ2v) is 11.1. The summed E-state index contributed by atoms with van der Waals surface area (Å²) in [5, 5.41) is 10.7. The molecule has 0 atom stereocenters. The van der Waals surface area contributed by atoms with Gasteiger partial charge in [-0.05, 0) is 0 Å². The predicted molar refractivity (Wildman–Crippen MR) is 101 cm³/mol. The van der Waals surface area contributed by atoms with Gasteiger partial charge in [0.2, 0.25) is 0 Å². The second-order valence-electron chi connectivity index (χ2n) is 6.48. The third kappa shape index (κ3) is 5.39. The van der Waals surface area contributed by atoms with Crippen LogP contribution in [0, 0.1) is 0 Å². The Morgan fingerprint density at radius 2 is 1.45 bits per heavy atom. The van der Waals surface area contributed by atoms with E-state index in [4.69, 9.17) is 0 Å². The number of unbranched alkanes of at least 4 members (excludes halogenated alkanes) is 3. The molecule has 0 amide bonds. The van der Waals surface area contributed by atoms with Crippen LogP contribution >= 0.6 is 7.26 Å². The molecule has 0 heterocycles. The van der Waals surface area contributed by atoms with Crippen LogP contribution in [0.3, 0.4) is 0 Å². The van der Waals surface area contributed by atoms with Crippen molar-refractivity contribution in [3.63, 3.8) is 0 Å². The van der Waals surface area contributed by atoms with Crippen molar-refractivity contribution < 1.29 is 9.90 Å². The zero-order valence-electron chi connectivity index (χ0n) is 14.5. The van der Waals surface area contributed by atoms with Crippen molar-refractivity contribution in [3.8, 4) is 0 Å². The molecule has 0 unspecified atom stereocenters. The van der Waals surface area contributed by atoms with Crippen molar-refractivity contribution in [2.45, 2.75) is 59.3 Å². The number of carboxylic acid groups (broad SMARTS) is 1. The van der Waals surface area contributed by atoms with Crippen LogP contribution in [0.15, 0.2) is 24.3 Å². The molecular formula is C19H33O2P. The Balaban J connectivity index is 3.18. The maximum absolute atomic E-state index is 11.3. The SMILES string of the molecule is CCCC[PH](CCCC)(CCCC)c1cccc(C(=O)O)c1. The third-order valence-electron chi connectivity index (χ3n) is 4.75. The Labute approximate surface area is 136 Å². The molecule has 0 spiro atoms. The fourth-order valence-electron chi connectivity index (χ4n) is 3.34. The van der Waals surface area contributed by atoms with Crippen LogP contribution in [0.5, 0.6) is 0 Å². The fourth-order valence-corrected chi connectivity index (χ4v) is 8.95. The monoisotopic (exact) mass is 324 g/mol. The van der Waals surface area contributed by atoms with E-state index >= 15 is 0 Å². The molecule has 0 aromatic heterocycles. The molecule has 0 fully saturated rings. The maximum atomic E-state index is 11.3. The van der Waals surface area contributed by atoms with E-state index in [0.717, 1.165) is 0 Å². The van der Waals surface area contributed by atoms with Crippen LogP contribution in [0.4, 0.5) is 0 Å². The summed E-state index contributed by atoms with van der Waals surface area (Å²) in [7, 11) is -1.58. The number of hydrogen-bond donors (Lipinski definition) is 1. The minimum absolute atomic E-state index is 0.457. The van der Waals surface area contributed by atoms with Gasteiger partial charge in [-0.25, -0.2) is 0 Å². The Bertz CT molecular complexity index is 435. The average Bonchev–Trinajstić information content (AvgIpc) is 2.54.